The lowest BCUT2D eigenvalue weighted by atomic mass is 10.0. The Labute approximate surface area is 229 Å². The van der Waals surface area contributed by atoms with Crippen molar-refractivity contribution in [2.45, 2.75) is 6.42 Å². The SMILES string of the molecule is C=C(Cc1ccccc1)Nc1cncc(-c2cnc3n[nH]c(-c4cc5c(-c6cccnc6)ccnc5[nH]4)c3c2)c1. The zero-order valence-corrected chi connectivity index (χ0v) is 21.5. The molecule has 192 valence electrons. The molecule has 7 rings (SSSR count). The first-order valence-electron chi connectivity index (χ1n) is 12.9. The number of aromatic nitrogens is 7. The smallest absolute Gasteiger partial charge is 0.181 e. The second-order valence-corrected chi connectivity index (χ2v) is 9.59. The van der Waals surface area contributed by atoms with Crippen LogP contribution in [-0.2, 0) is 6.42 Å². The number of fused-ring (bicyclic) bond motifs is 2. The van der Waals surface area contributed by atoms with E-state index in [1.165, 1.54) is 5.56 Å². The molecule has 0 atom stereocenters. The standard InChI is InChI=1S/C32H24N8/c1-20(12-21-6-3-2-4-7-21)37-25-13-23(17-34-19-25)24-14-28-30(39-40-32(28)36-18-24)29-15-27-26(9-11-35-31(27)38-29)22-8-5-10-33-16-22/h2-11,13-19,37H,1,12H2,(H,35,38)(H,36,39,40). The molecule has 0 saturated carbocycles. The molecule has 0 spiro atoms. The molecule has 0 fully saturated rings. The lowest BCUT2D eigenvalue weighted by molar-refractivity contribution is 1.10. The third-order valence-electron chi connectivity index (χ3n) is 6.84. The second kappa shape index (κ2) is 9.92. The highest BCUT2D eigenvalue weighted by Crippen LogP contribution is 2.34. The number of nitrogens with zero attached hydrogens (tertiary/aromatic N) is 5. The average molecular weight is 521 g/mol. The van der Waals surface area contributed by atoms with Crippen LogP contribution in [0, 0.1) is 0 Å². The van der Waals surface area contributed by atoms with Gasteiger partial charge in [-0.05, 0) is 41.5 Å². The molecule has 7 aromatic rings. The van der Waals surface area contributed by atoms with Gasteiger partial charge in [0.1, 0.15) is 5.65 Å². The first kappa shape index (κ1) is 23.5. The van der Waals surface area contributed by atoms with E-state index >= 15 is 0 Å². The highest BCUT2D eigenvalue weighted by atomic mass is 15.2. The monoisotopic (exact) mass is 520 g/mol. The van der Waals surface area contributed by atoms with Crippen LogP contribution < -0.4 is 5.32 Å². The van der Waals surface area contributed by atoms with Crippen molar-refractivity contribution in [1.29, 1.82) is 0 Å². The number of pyridine rings is 4. The summed E-state index contributed by atoms with van der Waals surface area (Å²) < 4.78 is 0. The van der Waals surface area contributed by atoms with E-state index in [2.05, 4.69) is 77.3 Å². The highest BCUT2D eigenvalue weighted by molar-refractivity contribution is 5.99. The topological polar surface area (TPSA) is 108 Å². The van der Waals surface area contributed by atoms with Crippen LogP contribution >= 0.6 is 0 Å². The lowest BCUT2D eigenvalue weighted by Crippen LogP contribution is -2.02. The molecule has 8 nitrogen and oxygen atoms in total. The van der Waals surface area contributed by atoms with E-state index < -0.39 is 0 Å². The van der Waals surface area contributed by atoms with E-state index in [1.807, 2.05) is 55.0 Å². The van der Waals surface area contributed by atoms with Crippen LogP contribution in [0.2, 0.25) is 0 Å². The molecule has 3 N–H and O–H groups in total. The predicted octanol–water partition coefficient (Wildman–Crippen LogP) is 6.79. The number of allylic oxidation sites excluding steroid dienone is 1. The molecule has 0 aliphatic carbocycles. The summed E-state index contributed by atoms with van der Waals surface area (Å²) >= 11 is 0. The summed E-state index contributed by atoms with van der Waals surface area (Å²) in [5.41, 5.74) is 10.1. The van der Waals surface area contributed by atoms with Gasteiger partial charge in [0.05, 0.1) is 23.3 Å². The molecule has 6 aromatic heterocycles. The Balaban J connectivity index is 1.21. The quantitative estimate of drug-likeness (QED) is 0.213. The Hall–Kier alpha value is -5.63. The highest BCUT2D eigenvalue weighted by Gasteiger charge is 2.15. The summed E-state index contributed by atoms with van der Waals surface area (Å²) in [6.45, 7) is 4.19. The molecule has 6 heterocycles. The third-order valence-corrected chi connectivity index (χ3v) is 6.84. The molecule has 8 heteroatoms. The third kappa shape index (κ3) is 4.48. The van der Waals surface area contributed by atoms with E-state index in [0.717, 1.165) is 67.9 Å². The first-order chi connectivity index (χ1) is 19.7. The van der Waals surface area contributed by atoms with Gasteiger partial charge in [-0.25, -0.2) is 9.97 Å². The number of nitrogens with one attached hydrogen (secondary N) is 3. The number of anilines is 1. The van der Waals surface area contributed by atoms with Crippen LogP contribution in [0.1, 0.15) is 5.56 Å². The zero-order chi connectivity index (χ0) is 26.9. The molecular weight excluding hydrogens is 496 g/mol. The fraction of sp³-hybridized carbons (Fsp3) is 0.0312. The Morgan fingerprint density at radius 3 is 2.52 bits per heavy atom. The Morgan fingerprint density at radius 1 is 0.775 bits per heavy atom. The van der Waals surface area contributed by atoms with Gasteiger partial charge in [0, 0.05) is 70.6 Å². The number of H-pyrrole nitrogens is 2. The Morgan fingerprint density at radius 2 is 1.65 bits per heavy atom. The molecule has 0 saturated heterocycles. The normalized spacial score (nSPS) is 11.2. The van der Waals surface area contributed by atoms with Crippen molar-refractivity contribution in [2.75, 3.05) is 5.32 Å². The van der Waals surface area contributed by atoms with Crippen LogP contribution in [0.3, 0.4) is 0 Å². The van der Waals surface area contributed by atoms with Crippen molar-refractivity contribution in [3.05, 3.63) is 122 Å². The Kier molecular flexibility index (Phi) is 5.82. The number of benzene rings is 1. The summed E-state index contributed by atoms with van der Waals surface area (Å²) in [5.74, 6) is 0. The maximum Gasteiger partial charge on any atom is 0.181 e. The van der Waals surface area contributed by atoms with Crippen molar-refractivity contribution < 1.29 is 0 Å². The molecule has 0 amide bonds. The number of hydrogen-bond donors (Lipinski definition) is 3. The van der Waals surface area contributed by atoms with Crippen molar-refractivity contribution in [3.8, 4) is 33.6 Å². The van der Waals surface area contributed by atoms with Gasteiger partial charge < -0.3 is 10.3 Å². The Bertz CT molecular complexity index is 1970. The van der Waals surface area contributed by atoms with Gasteiger partial charge in [-0.2, -0.15) is 5.10 Å². The van der Waals surface area contributed by atoms with Crippen molar-refractivity contribution >= 4 is 27.8 Å². The fourth-order valence-electron chi connectivity index (χ4n) is 4.96. The maximum atomic E-state index is 4.62. The number of rotatable bonds is 7. The van der Waals surface area contributed by atoms with Gasteiger partial charge in [-0.1, -0.05) is 43.0 Å². The average Bonchev–Trinajstić information content (AvgIpc) is 3.62. The van der Waals surface area contributed by atoms with E-state index in [9.17, 15) is 0 Å². The molecular formula is C32H24N8. The van der Waals surface area contributed by atoms with E-state index in [-0.39, 0.29) is 0 Å². The largest absolute Gasteiger partial charge is 0.358 e. The van der Waals surface area contributed by atoms with Crippen molar-refractivity contribution in [3.63, 3.8) is 0 Å². The molecule has 0 radical (unpaired) electrons. The molecule has 0 unspecified atom stereocenters. The minimum atomic E-state index is 0.635. The second-order valence-electron chi connectivity index (χ2n) is 9.59. The van der Waals surface area contributed by atoms with E-state index in [0.29, 0.717) is 5.65 Å². The number of aromatic amines is 2. The van der Waals surface area contributed by atoms with Crippen LogP contribution in [0.25, 0.3) is 55.7 Å². The van der Waals surface area contributed by atoms with E-state index in [4.69, 9.17) is 0 Å². The van der Waals surface area contributed by atoms with Crippen LogP contribution in [0.5, 0.6) is 0 Å². The summed E-state index contributed by atoms with van der Waals surface area (Å²) in [6, 6.07) is 22.5. The van der Waals surface area contributed by atoms with Gasteiger partial charge >= 0.3 is 0 Å². The summed E-state index contributed by atoms with van der Waals surface area (Å²) in [4.78, 5) is 21.4. The minimum Gasteiger partial charge on any atom is -0.358 e. The molecule has 0 aliphatic heterocycles. The van der Waals surface area contributed by atoms with Gasteiger partial charge in [-0.15, -0.1) is 0 Å². The summed E-state index contributed by atoms with van der Waals surface area (Å²) in [5, 5.41) is 12.9. The van der Waals surface area contributed by atoms with Crippen molar-refractivity contribution in [1.82, 2.24) is 35.1 Å². The predicted molar refractivity (Wildman–Crippen MR) is 158 cm³/mol. The first-order valence-corrected chi connectivity index (χ1v) is 12.9. The van der Waals surface area contributed by atoms with Crippen LogP contribution in [0.4, 0.5) is 5.69 Å². The maximum absolute atomic E-state index is 4.62. The summed E-state index contributed by atoms with van der Waals surface area (Å²) in [6.07, 6.45) is 11.6. The zero-order valence-electron chi connectivity index (χ0n) is 21.5. The van der Waals surface area contributed by atoms with Crippen LogP contribution in [-0.4, -0.2) is 35.1 Å². The molecule has 1 aromatic carbocycles. The van der Waals surface area contributed by atoms with Gasteiger partial charge in [0.2, 0.25) is 0 Å². The molecule has 40 heavy (non-hydrogen) atoms. The van der Waals surface area contributed by atoms with E-state index in [1.54, 1.807) is 18.6 Å². The minimum absolute atomic E-state index is 0.635. The van der Waals surface area contributed by atoms with Gasteiger partial charge in [0.25, 0.3) is 0 Å². The number of hydrogen-bond acceptors (Lipinski definition) is 6. The van der Waals surface area contributed by atoms with Gasteiger partial charge in [0.15, 0.2) is 5.65 Å². The van der Waals surface area contributed by atoms with Gasteiger partial charge in [-0.3, -0.25) is 15.1 Å². The molecule has 0 bridgehead atoms. The van der Waals surface area contributed by atoms with Crippen LogP contribution in [0.15, 0.2) is 116 Å². The fourth-order valence-corrected chi connectivity index (χ4v) is 4.96. The van der Waals surface area contributed by atoms with Crippen molar-refractivity contribution in [2.24, 2.45) is 0 Å². The summed E-state index contributed by atoms with van der Waals surface area (Å²) in [7, 11) is 0. The lowest BCUT2D eigenvalue weighted by Gasteiger charge is -2.11. The molecule has 0 aliphatic rings.